The van der Waals surface area contributed by atoms with E-state index in [1.807, 2.05) is 0 Å². The first-order chi connectivity index (χ1) is 8.41. The molecule has 4 N–H and O–H groups in total. The average Bonchev–Trinajstić information content (AvgIpc) is 2.31. The van der Waals surface area contributed by atoms with Gasteiger partial charge in [0, 0.05) is 13.0 Å². The number of phenolic OH excluding ortho intramolecular Hbond substituents is 1. The lowest BCUT2D eigenvalue weighted by Gasteiger charge is -2.09. The number of carbonyl (C=O) groups excluding carboxylic acids is 1. The van der Waals surface area contributed by atoms with Gasteiger partial charge in [-0.15, -0.1) is 0 Å². The first kappa shape index (κ1) is 14.0. The van der Waals surface area contributed by atoms with Crippen LogP contribution in [0.15, 0.2) is 18.2 Å². The first-order valence-corrected chi connectivity index (χ1v) is 5.40. The standard InChI is InChI=1S/C12H15NO5/c1-7-2-3-9(14)8(6-7)11(16)13-5-4-10(15)12(17)18/h2-3,6,10,14-15H,4-5H2,1H3,(H,13,16)(H,17,18). The highest BCUT2D eigenvalue weighted by Crippen LogP contribution is 2.17. The van der Waals surface area contributed by atoms with E-state index < -0.39 is 18.0 Å². The van der Waals surface area contributed by atoms with Gasteiger partial charge in [0.15, 0.2) is 6.10 Å². The van der Waals surface area contributed by atoms with Gasteiger partial charge in [-0.2, -0.15) is 0 Å². The fourth-order valence-electron chi connectivity index (χ4n) is 1.37. The number of aliphatic hydroxyl groups excluding tert-OH is 1. The van der Waals surface area contributed by atoms with Crippen molar-refractivity contribution in [2.45, 2.75) is 19.4 Å². The second-order valence-electron chi connectivity index (χ2n) is 3.92. The number of aryl methyl sites for hydroxylation is 1. The smallest absolute Gasteiger partial charge is 0.332 e. The van der Waals surface area contributed by atoms with E-state index in [1.165, 1.54) is 12.1 Å². The zero-order valence-corrected chi connectivity index (χ0v) is 9.88. The fraction of sp³-hybridized carbons (Fsp3) is 0.333. The predicted octanol–water partition coefficient (Wildman–Crippen LogP) is 0.266. The maximum Gasteiger partial charge on any atom is 0.332 e. The minimum absolute atomic E-state index is 0.0136. The first-order valence-electron chi connectivity index (χ1n) is 5.40. The molecule has 0 radical (unpaired) electrons. The molecule has 1 unspecified atom stereocenters. The van der Waals surface area contributed by atoms with Crippen molar-refractivity contribution in [1.82, 2.24) is 5.32 Å². The van der Waals surface area contributed by atoms with Crippen LogP contribution in [-0.2, 0) is 4.79 Å². The van der Waals surface area contributed by atoms with E-state index in [0.29, 0.717) is 0 Å². The van der Waals surface area contributed by atoms with E-state index in [2.05, 4.69) is 5.32 Å². The number of benzene rings is 1. The zero-order chi connectivity index (χ0) is 13.7. The van der Waals surface area contributed by atoms with Gasteiger partial charge < -0.3 is 20.6 Å². The van der Waals surface area contributed by atoms with Gasteiger partial charge in [-0.1, -0.05) is 11.6 Å². The number of phenols is 1. The van der Waals surface area contributed by atoms with Crippen LogP contribution in [-0.4, -0.2) is 39.8 Å². The molecule has 0 aliphatic carbocycles. The van der Waals surface area contributed by atoms with Crippen molar-refractivity contribution in [3.63, 3.8) is 0 Å². The van der Waals surface area contributed by atoms with E-state index in [4.69, 9.17) is 10.2 Å². The molecule has 0 aromatic heterocycles. The Morgan fingerprint density at radius 2 is 2.06 bits per heavy atom. The molecule has 1 aromatic rings. The van der Waals surface area contributed by atoms with E-state index in [0.717, 1.165) is 5.56 Å². The Morgan fingerprint density at radius 3 is 2.67 bits per heavy atom. The highest BCUT2D eigenvalue weighted by Gasteiger charge is 2.14. The third-order valence-corrected chi connectivity index (χ3v) is 2.39. The number of aliphatic carboxylic acids is 1. The number of rotatable bonds is 5. The van der Waals surface area contributed by atoms with Gasteiger partial charge in [0.2, 0.25) is 0 Å². The summed E-state index contributed by atoms with van der Waals surface area (Å²) in [5, 5.41) is 29.4. The summed E-state index contributed by atoms with van der Waals surface area (Å²) in [7, 11) is 0. The summed E-state index contributed by atoms with van der Waals surface area (Å²) in [4.78, 5) is 22.0. The molecule has 98 valence electrons. The molecule has 0 saturated heterocycles. The predicted molar refractivity (Wildman–Crippen MR) is 63.4 cm³/mol. The minimum atomic E-state index is -1.50. The zero-order valence-electron chi connectivity index (χ0n) is 9.88. The number of aliphatic hydroxyl groups is 1. The SMILES string of the molecule is Cc1ccc(O)c(C(=O)NCCC(O)C(=O)O)c1. The van der Waals surface area contributed by atoms with Crippen LogP contribution >= 0.6 is 0 Å². The monoisotopic (exact) mass is 253 g/mol. The van der Waals surface area contributed by atoms with Crippen LogP contribution in [0, 0.1) is 6.92 Å². The number of aromatic hydroxyl groups is 1. The van der Waals surface area contributed by atoms with Crippen LogP contribution in [0.3, 0.4) is 0 Å². The van der Waals surface area contributed by atoms with Gasteiger partial charge in [0.25, 0.3) is 5.91 Å². The summed E-state index contributed by atoms with van der Waals surface area (Å²) in [6.07, 6.45) is -1.59. The van der Waals surface area contributed by atoms with Gasteiger partial charge in [0.1, 0.15) is 5.75 Å². The van der Waals surface area contributed by atoms with E-state index in [1.54, 1.807) is 13.0 Å². The molecular formula is C12H15NO5. The Hall–Kier alpha value is -2.08. The molecule has 1 amide bonds. The molecule has 18 heavy (non-hydrogen) atoms. The van der Waals surface area contributed by atoms with Gasteiger partial charge >= 0.3 is 5.97 Å². The van der Waals surface area contributed by atoms with E-state index >= 15 is 0 Å². The summed E-state index contributed by atoms with van der Waals surface area (Å²) < 4.78 is 0. The van der Waals surface area contributed by atoms with Crippen molar-refractivity contribution in [2.24, 2.45) is 0 Å². The van der Waals surface area contributed by atoms with Crippen molar-refractivity contribution in [3.8, 4) is 5.75 Å². The van der Waals surface area contributed by atoms with Crippen molar-refractivity contribution >= 4 is 11.9 Å². The Bertz CT molecular complexity index is 458. The number of carboxylic acid groups (broad SMARTS) is 1. The number of nitrogens with one attached hydrogen (secondary N) is 1. The largest absolute Gasteiger partial charge is 0.507 e. The lowest BCUT2D eigenvalue weighted by Crippen LogP contribution is -2.30. The molecule has 0 heterocycles. The number of amides is 1. The van der Waals surface area contributed by atoms with Crippen LogP contribution in [0.4, 0.5) is 0 Å². The maximum atomic E-state index is 11.7. The lowest BCUT2D eigenvalue weighted by atomic mass is 10.1. The Morgan fingerprint density at radius 1 is 1.39 bits per heavy atom. The van der Waals surface area contributed by atoms with E-state index in [-0.39, 0.29) is 24.3 Å². The average molecular weight is 253 g/mol. The highest BCUT2D eigenvalue weighted by molar-refractivity contribution is 5.97. The van der Waals surface area contributed by atoms with Gasteiger partial charge in [-0.3, -0.25) is 4.79 Å². The molecule has 0 aliphatic heterocycles. The molecule has 1 rings (SSSR count). The number of carbonyl (C=O) groups is 2. The molecule has 0 saturated carbocycles. The van der Waals surface area contributed by atoms with E-state index in [9.17, 15) is 14.7 Å². The number of carboxylic acids is 1. The molecule has 1 atom stereocenters. The Balaban J connectivity index is 2.55. The van der Waals surface area contributed by atoms with Gasteiger partial charge in [0.05, 0.1) is 5.56 Å². The topological polar surface area (TPSA) is 107 Å². The number of hydrogen-bond acceptors (Lipinski definition) is 4. The summed E-state index contributed by atoms with van der Waals surface area (Å²) in [6, 6.07) is 4.61. The van der Waals surface area contributed by atoms with Crippen LogP contribution in [0.2, 0.25) is 0 Å². The molecule has 0 aliphatic rings. The number of hydrogen-bond donors (Lipinski definition) is 4. The third kappa shape index (κ3) is 3.74. The van der Waals surface area contributed by atoms with Gasteiger partial charge in [-0.25, -0.2) is 4.79 Å². The quantitative estimate of drug-likeness (QED) is 0.602. The maximum absolute atomic E-state index is 11.7. The molecule has 6 nitrogen and oxygen atoms in total. The van der Waals surface area contributed by atoms with Crippen molar-refractivity contribution in [3.05, 3.63) is 29.3 Å². The molecule has 1 aromatic carbocycles. The summed E-state index contributed by atoms with van der Waals surface area (Å²) in [6.45, 7) is 1.80. The highest BCUT2D eigenvalue weighted by atomic mass is 16.4. The van der Waals surface area contributed by atoms with Crippen LogP contribution in [0.5, 0.6) is 5.75 Å². The lowest BCUT2D eigenvalue weighted by molar-refractivity contribution is -0.146. The molecule has 6 heteroatoms. The second-order valence-corrected chi connectivity index (χ2v) is 3.92. The van der Waals surface area contributed by atoms with Crippen molar-refractivity contribution in [2.75, 3.05) is 6.54 Å². The van der Waals surface area contributed by atoms with Crippen LogP contribution in [0.1, 0.15) is 22.3 Å². The molecule has 0 bridgehead atoms. The normalized spacial score (nSPS) is 11.9. The Kier molecular flexibility index (Phi) is 4.67. The van der Waals surface area contributed by atoms with Crippen LogP contribution < -0.4 is 5.32 Å². The third-order valence-electron chi connectivity index (χ3n) is 2.39. The van der Waals surface area contributed by atoms with Crippen LogP contribution in [0.25, 0.3) is 0 Å². The fourth-order valence-corrected chi connectivity index (χ4v) is 1.37. The molecule has 0 fully saturated rings. The van der Waals surface area contributed by atoms with Crippen molar-refractivity contribution < 1.29 is 24.9 Å². The minimum Gasteiger partial charge on any atom is -0.507 e. The summed E-state index contributed by atoms with van der Waals surface area (Å²) >= 11 is 0. The van der Waals surface area contributed by atoms with Crippen molar-refractivity contribution in [1.29, 1.82) is 0 Å². The Labute approximate surface area is 104 Å². The van der Waals surface area contributed by atoms with Gasteiger partial charge in [-0.05, 0) is 19.1 Å². The summed E-state index contributed by atoms with van der Waals surface area (Å²) in [5.41, 5.74) is 0.948. The molecular weight excluding hydrogens is 238 g/mol. The second kappa shape index (κ2) is 6.02. The molecule has 0 spiro atoms. The summed E-state index contributed by atoms with van der Waals surface area (Å²) in [5.74, 6) is -1.98.